The molecule has 0 aliphatic rings. The number of allylic oxidation sites excluding steroid dienone is 1. The molecule has 0 spiro atoms. The van der Waals surface area contributed by atoms with E-state index >= 15 is 0 Å². The first kappa shape index (κ1) is 16.0. The van der Waals surface area contributed by atoms with E-state index in [0.29, 0.717) is 17.2 Å². The van der Waals surface area contributed by atoms with Crippen molar-refractivity contribution in [3.05, 3.63) is 75.7 Å². The molecule has 2 rings (SSSR count). The zero-order valence-corrected chi connectivity index (χ0v) is 14.1. The standard InChI is InChI=1S/C17H15ClO2Se/c1-20-12-11-16(17(19)13-5-3-2-4-6-13)21-15-9-7-14(18)8-10-15/h2-11H,12H2,1H3/b16-11-. The quantitative estimate of drug-likeness (QED) is 0.447. The second-order valence-corrected chi connectivity index (χ2v) is 7.05. The number of ether oxygens (including phenoxy) is 1. The molecule has 2 nitrogen and oxygen atoms in total. The van der Waals surface area contributed by atoms with Gasteiger partial charge in [-0.15, -0.1) is 0 Å². The summed E-state index contributed by atoms with van der Waals surface area (Å²) in [6, 6.07) is 16.9. The summed E-state index contributed by atoms with van der Waals surface area (Å²) in [5.41, 5.74) is 0.704. The van der Waals surface area contributed by atoms with E-state index in [9.17, 15) is 4.79 Å². The number of Topliss-reactive ketones (excluding diaryl/α,β-unsaturated/α-hetero) is 1. The van der Waals surface area contributed by atoms with Gasteiger partial charge in [0.15, 0.2) is 0 Å². The molecule has 0 radical (unpaired) electrons. The van der Waals surface area contributed by atoms with E-state index in [1.54, 1.807) is 7.11 Å². The average Bonchev–Trinajstić information content (AvgIpc) is 2.53. The Bertz CT molecular complexity index is 621. The summed E-state index contributed by atoms with van der Waals surface area (Å²) in [6.45, 7) is 0.434. The van der Waals surface area contributed by atoms with E-state index in [4.69, 9.17) is 16.3 Å². The third-order valence-corrected chi connectivity index (χ3v) is 5.25. The molecule has 0 unspecified atom stereocenters. The summed E-state index contributed by atoms with van der Waals surface area (Å²) in [6.07, 6.45) is 1.87. The van der Waals surface area contributed by atoms with E-state index < -0.39 is 0 Å². The summed E-state index contributed by atoms with van der Waals surface area (Å²) in [4.78, 5) is 12.6. The Hall–Kier alpha value is -1.38. The molecule has 21 heavy (non-hydrogen) atoms. The Balaban J connectivity index is 2.22. The molecule has 0 bridgehead atoms. The van der Waals surface area contributed by atoms with Crippen LogP contribution in [0, 0.1) is 0 Å². The van der Waals surface area contributed by atoms with Gasteiger partial charge in [-0.2, -0.15) is 0 Å². The fourth-order valence-corrected chi connectivity index (χ4v) is 3.69. The Labute approximate surface area is 135 Å². The average molecular weight is 366 g/mol. The number of rotatable bonds is 6. The van der Waals surface area contributed by atoms with Crippen molar-refractivity contribution in [2.75, 3.05) is 13.7 Å². The van der Waals surface area contributed by atoms with Gasteiger partial charge >= 0.3 is 136 Å². The number of carbonyl (C=O) groups is 1. The van der Waals surface area contributed by atoms with Crippen molar-refractivity contribution < 1.29 is 9.53 Å². The first-order chi connectivity index (χ1) is 10.2. The van der Waals surface area contributed by atoms with Crippen LogP contribution in [0.4, 0.5) is 0 Å². The minimum atomic E-state index is -0.0734. The van der Waals surface area contributed by atoms with Crippen LogP contribution in [0.1, 0.15) is 10.4 Å². The first-order valence-corrected chi connectivity index (χ1v) is 8.52. The van der Waals surface area contributed by atoms with Crippen LogP contribution in [0.5, 0.6) is 0 Å². The molecule has 0 amide bonds. The van der Waals surface area contributed by atoms with E-state index in [-0.39, 0.29) is 20.7 Å². The second kappa shape index (κ2) is 8.16. The summed E-state index contributed by atoms with van der Waals surface area (Å²) >= 11 is 5.82. The van der Waals surface area contributed by atoms with Gasteiger partial charge in [0.1, 0.15) is 0 Å². The molecule has 0 aliphatic carbocycles. The van der Waals surface area contributed by atoms with Gasteiger partial charge in [-0.3, -0.25) is 0 Å². The monoisotopic (exact) mass is 366 g/mol. The van der Waals surface area contributed by atoms with Gasteiger partial charge in [0, 0.05) is 0 Å². The summed E-state index contributed by atoms with van der Waals surface area (Å²) < 4.78 is 6.97. The van der Waals surface area contributed by atoms with Crippen LogP contribution in [-0.2, 0) is 4.74 Å². The third kappa shape index (κ3) is 4.83. The number of methoxy groups -OCH3 is 1. The van der Waals surface area contributed by atoms with Crippen LogP contribution in [0.25, 0.3) is 0 Å². The molecule has 0 N–H and O–H groups in total. The molecule has 0 saturated carbocycles. The van der Waals surface area contributed by atoms with E-state index in [1.807, 2.05) is 60.7 Å². The van der Waals surface area contributed by atoms with E-state index in [1.165, 1.54) is 0 Å². The fourth-order valence-electron chi connectivity index (χ4n) is 1.70. The normalized spacial score (nSPS) is 11.4. The second-order valence-electron chi connectivity index (χ2n) is 4.27. The zero-order valence-electron chi connectivity index (χ0n) is 11.6. The molecule has 4 heteroatoms. The summed E-state index contributed by atoms with van der Waals surface area (Å²) in [5.74, 6) is 0.0580. The Kier molecular flexibility index (Phi) is 6.21. The molecule has 0 aromatic heterocycles. The predicted molar refractivity (Wildman–Crippen MR) is 87.6 cm³/mol. The van der Waals surface area contributed by atoms with Gasteiger partial charge in [-0.1, -0.05) is 0 Å². The predicted octanol–water partition coefficient (Wildman–Crippen LogP) is 3.08. The number of hydrogen-bond acceptors (Lipinski definition) is 2. The molecule has 108 valence electrons. The fraction of sp³-hybridized carbons (Fsp3) is 0.118. The number of benzene rings is 2. The van der Waals surface area contributed by atoms with Crippen molar-refractivity contribution in [3.63, 3.8) is 0 Å². The molecule has 2 aromatic rings. The minimum absolute atomic E-state index is 0.0580. The van der Waals surface area contributed by atoms with E-state index in [2.05, 4.69) is 0 Å². The van der Waals surface area contributed by atoms with Crippen molar-refractivity contribution >= 4 is 36.8 Å². The molecule has 0 saturated heterocycles. The Morgan fingerprint density at radius 3 is 2.43 bits per heavy atom. The van der Waals surface area contributed by atoms with Crippen LogP contribution < -0.4 is 4.46 Å². The van der Waals surface area contributed by atoms with Gasteiger partial charge in [0.25, 0.3) is 0 Å². The number of halogens is 1. The number of carbonyl (C=O) groups excluding carboxylic acids is 1. The van der Waals surface area contributed by atoms with Crippen LogP contribution in [0.15, 0.2) is 65.1 Å². The SMILES string of the molecule is COC/C=C(\[Se]c1ccc(Cl)cc1)C(=O)c1ccccc1. The molecular weight excluding hydrogens is 351 g/mol. The molecule has 0 fully saturated rings. The number of ketones is 1. The third-order valence-electron chi connectivity index (χ3n) is 2.74. The van der Waals surface area contributed by atoms with Crippen molar-refractivity contribution in [1.82, 2.24) is 0 Å². The maximum atomic E-state index is 12.6. The Morgan fingerprint density at radius 2 is 1.81 bits per heavy atom. The van der Waals surface area contributed by atoms with Gasteiger partial charge in [-0.25, -0.2) is 0 Å². The number of hydrogen-bond donors (Lipinski definition) is 0. The summed E-state index contributed by atoms with van der Waals surface area (Å²) in [7, 11) is 1.62. The Morgan fingerprint density at radius 1 is 1.14 bits per heavy atom. The van der Waals surface area contributed by atoms with Gasteiger partial charge in [0.05, 0.1) is 0 Å². The van der Waals surface area contributed by atoms with Crippen molar-refractivity contribution in [3.8, 4) is 0 Å². The van der Waals surface area contributed by atoms with Crippen molar-refractivity contribution in [2.45, 2.75) is 0 Å². The van der Waals surface area contributed by atoms with Gasteiger partial charge in [0.2, 0.25) is 0 Å². The van der Waals surface area contributed by atoms with Crippen LogP contribution in [0.2, 0.25) is 5.02 Å². The molecular formula is C17H15ClO2Se. The van der Waals surface area contributed by atoms with Crippen LogP contribution in [-0.4, -0.2) is 34.5 Å². The van der Waals surface area contributed by atoms with Crippen molar-refractivity contribution in [2.24, 2.45) is 0 Å². The summed E-state index contributed by atoms with van der Waals surface area (Å²) in [5, 5.41) is 0.700. The van der Waals surface area contributed by atoms with Crippen molar-refractivity contribution in [1.29, 1.82) is 0 Å². The van der Waals surface area contributed by atoms with E-state index in [0.717, 1.165) is 8.93 Å². The first-order valence-electron chi connectivity index (χ1n) is 6.43. The van der Waals surface area contributed by atoms with Crippen LogP contribution >= 0.6 is 11.6 Å². The molecule has 0 aliphatic heterocycles. The topological polar surface area (TPSA) is 26.3 Å². The van der Waals surface area contributed by atoms with Crippen LogP contribution in [0.3, 0.4) is 0 Å². The molecule has 0 heterocycles. The molecule has 2 aromatic carbocycles. The zero-order chi connectivity index (χ0) is 15.1. The maximum absolute atomic E-state index is 12.6. The van der Waals surface area contributed by atoms with Gasteiger partial charge in [-0.05, 0) is 0 Å². The van der Waals surface area contributed by atoms with Gasteiger partial charge < -0.3 is 0 Å². The molecule has 0 atom stereocenters.